The molecule has 0 atom stereocenters. The molecular formula is C20H15ClN4O. The highest BCUT2D eigenvalue weighted by atomic mass is 35.5. The number of nitriles is 2. The van der Waals surface area contributed by atoms with Crippen LogP contribution in [0.4, 0.5) is 5.69 Å². The molecular weight excluding hydrogens is 348 g/mol. The number of nitrogens with zero attached hydrogens (tertiary/aromatic N) is 4. The van der Waals surface area contributed by atoms with Gasteiger partial charge in [-0.2, -0.15) is 10.5 Å². The Morgan fingerprint density at radius 3 is 2.65 bits per heavy atom. The molecule has 0 saturated carbocycles. The molecule has 2 aromatic carbocycles. The Hall–Kier alpha value is -3.28. The Bertz CT molecular complexity index is 1040. The number of aromatic nitrogens is 1. The first kappa shape index (κ1) is 17.5. The van der Waals surface area contributed by atoms with Crippen molar-refractivity contribution in [1.29, 1.82) is 10.5 Å². The smallest absolute Gasteiger partial charge is 0.137 e. The zero-order valence-electron chi connectivity index (χ0n) is 14.1. The summed E-state index contributed by atoms with van der Waals surface area (Å²) < 4.78 is 5.74. The van der Waals surface area contributed by atoms with Crippen LogP contribution in [0.1, 0.15) is 11.1 Å². The van der Waals surface area contributed by atoms with Crippen molar-refractivity contribution >= 4 is 28.2 Å². The van der Waals surface area contributed by atoms with Crippen LogP contribution in [0.2, 0.25) is 5.02 Å². The van der Waals surface area contributed by atoms with Crippen molar-refractivity contribution < 1.29 is 4.74 Å². The number of benzene rings is 2. The predicted molar refractivity (Wildman–Crippen MR) is 101 cm³/mol. The van der Waals surface area contributed by atoms with Gasteiger partial charge >= 0.3 is 0 Å². The summed E-state index contributed by atoms with van der Waals surface area (Å²) in [5.74, 6) is 0.548. The molecule has 6 heteroatoms. The van der Waals surface area contributed by atoms with Crippen LogP contribution < -0.4 is 9.64 Å². The van der Waals surface area contributed by atoms with Crippen LogP contribution in [0.25, 0.3) is 10.9 Å². The number of anilines is 1. The van der Waals surface area contributed by atoms with E-state index in [4.69, 9.17) is 21.6 Å². The Kier molecular flexibility index (Phi) is 5.22. The number of rotatable bonds is 5. The second kappa shape index (κ2) is 7.74. The molecule has 0 spiro atoms. The van der Waals surface area contributed by atoms with Gasteiger partial charge in [0.05, 0.1) is 28.9 Å². The van der Waals surface area contributed by atoms with E-state index in [0.717, 1.165) is 16.6 Å². The third-order valence-electron chi connectivity index (χ3n) is 4.00. The average molecular weight is 363 g/mol. The van der Waals surface area contributed by atoms with Gasteiger partial charge in [-0.3, -0.25) is 4.98 Å². The number of ether oxygens (including phenoxy) is 1. The van der Waals surface area contributed by atoms with Gasteiger partial charge in [0.1, 0.15) is 24.5 Å². The van der Waals surface area contributed by atoms with E-state index >= 15 is 0 Å². The van der Waals surface area contributed by atoms with Crippen molar-refractivity contribution in [2.45, 2.75) is 0 Å². The highest BCUT2D eigenvalue weighted by molar-refractivity contribution is 6.31. The van der Waals surface area contributed by atoms with Gasteiger partial charge in [-0.25, -0.2) is 0 Å². The van der Waals surface area contributed by atoms with Crippen LogP contribution in [0, 0.1) is 22.7 Å². The number of fused-ring (bicyclic) bond motifs is 1. The number of hydrogen-bond donors (Lipinski definition) is 0. The standard InChI is InChI=1S/C20H15ClN4O/c1-25(8-9-26-19-5-3-2-4-14(19)11-22)20-15(12-23)13-24-18-7-6-16(21)10-17(18)20/h2-7,10,13H,8-9H2,1H3. The Labute approximate surface area is 156 Å². The van der Waals surface area contributed by atoms with E-state index in [1.54, 1.807) is 30.5 Å². The number of para-hydroxylation sites is 1. The van der Waals surface area contributed by atoms with Crippen LogP contribution in [0.5, 0.6) is 5.75 Å². The highest BCUT2D eigenvalue weighted by Crippen LogP contribution is 2.30. The van der Waals surface area contributed by atoms with Gasteiger partial charge in [0.25, 0.3) is 0 Å². The third kappa shape index (κ3) is 3.54. The Balaban J connectivity index is 1.84. The van der Waals surface area contributed by atoms with Crippen LogP contribution in [-0.2, 0) is 0 Å². The van der Waals surface area contributed by atoms with Gasteiger partial charge < -0.3 is 9.64 Å². The van der Waals surface area contributed by atoms with E-state index in [9.17, 15) is 5.26 Å². The maximum Gasteiger partial charge on any atom is 0.137 e. The average Bonchev–Trinajstić information content (AvgIpc) is 2.67. The quantitative estimate of drug-likeness (QED) is 0.681. The molecule has 1 aromatic heterocycles. The van der Waals surface area contributed by atoms with E-state index < -0.39 is 0 Å². The van der Waals surface area contributed by atoms with E-state index in [1.807, 2.05) is 30.1 Å². The first-order valence-corrected chi connectivity index (χ1v) is 8.33. The number of likely N-dealkylation sites (N-methyl/N-ethyl adjacent to an activating group) is 1. The van der Waals surface area contributed by atoms with Crippen molar-refractivity contribution in [2.75, 3.05) is 25.1 Å². The molecule has 1 heterocycles. The van der Waals surface area contributed by atoms with Crippen molar-refractivity contribution in [1.82, 2.24) is 4.98 Å². The summed E-state index contributed by atoms with van der Waals surface area (Å²) in [6.45, 7) is 0.893. The first-order valence-electron chi connectivity index (χ1n) is 7.95. The van der Waals surface area contributed by atoms with E-state index in [2.05, 4.69) is 17.1 Å². The molecule has 0 unspecified atom stereocenters. The van der Waals surface area contributed by atoms with Gasteiger partial charge in [0.15, 0.2) is 0 Å². The summed E-state index contributed by atoms with van der Waals surface area (Å²) in [5, 5.41) is 20.0. The molecule has 0 aliphatic rings. The summed E-state index contributed by atoms with van der Waals surface area (Å²) in [7, 11) is 1.88. The molecule has 3 aromatic rings. The Morgan fingerprint density at radius 2 is 1.88 bits per heavy atom. The van der Waals surface area contributed by atoms with E-state index in [-0.39, 0.29) is 0 Å². The molecule has 0 N–H and O–H groups in total. The molecule has 5 nitrogen and oxygen atoms in total. The highest BCUT2D eigenvalue weighted by Gasteiger charge is 2.14. The molecule has 0 aliphatic carbocycles. The molecule has 0 fully saturated rings. The van der Waals surface area contributed by atoms with Gasteiger partial charge in [-0.1, -0.05) is 23.7 Å². The lowest BCUT2D eigenvalue weighted by atomic mass is 10.1. The SMILES string of the molecule is CN(CCOc1ccccc1C#N)c1c(C#N)cnc2ccc(Cl)cc12. The van der Waals surface area contributed by atoms with Crippen LogP contribution in [0.15, 0.2) is 48.7 Å². The molecule has 0 amide bonds. The minimum atomic E-state index is 0.366. The Morgan fingerprint density at radius 1 is 1.12 bits per heavy atom. The normalized spacial score (nSPS) is 10.2. The lowest BCUT2D eigenvalue weighted by molar-refractivity contribution is 0.325. The summed E-state index contributed by atoms with van der Waals surface area (Å²) in [4.78, 5) is 6.25. The fraction of sp³-hybridized carbons (Fsp3) is 0.150. The predicted octanol–water partition coefficient (Wildman–Crippen LogP) is 4.15. The molecule has 26 heavy (non-hydrogen) atoms. The fourth-order valence-corrected chi connectivity index (χ4v) is 2.91. The molecule has 0 aliphatic heterocycles. The molecule has 3 rings (SSSR count). The fourth-order valence-electron chi connectivity index (χ4n) is 2.73. The monoisotopic (exact) mass is 362 g/mol. The second-order valence-corrected chi connectivity index (χ2v) is 6.11. The minimum Gasteiger partial charge on any atom is -0.490 e. The second-order valence-electron chi connectivity index (χ2n) is 5.67. The maximum atomic E-state index is 9.45. The lowest BCUT2D eigenvalue weighted by Crippen LogP contribution is -2.25. The van der Waals surface area contributed by atoms with Crippen LogP contribution in [-0.4, -0.2) is 25.2 Å². The summed E-state index contributed by atoms with van der Waals surface area (Å²) in [6.07, 6.45) is 1.56. The van der Waals surface area contributed by atoms with Crippen molar-refractivity contribution in [3.8, 4) is 17.9 Å². The number of halogens is 1. The number of hydrogen-bond acceptors (Lipinski definition) is 5. The lowest BCUT2D eigenvalue weighted by Gasteiger charge is -2.22. The van der Waals surface area contributed by atoms with Crippen LogP contribution in [0.3, 0.4) is 0 Å². The van der Waals surface area contributed by atoms with E-state index in [1.165, 1.54) is 0 Å². The van der Waals surface area contributed by atoms with Crippen molar-refractivity contribution in [3.05, 3.63) is 64.8 Å². The molecule has 0 bridgehead atoms. The molecule has 128 valence electrons. The largest absolute Gasteiger partial charge is 0.490 e. The van der Waals surface area contributed by atoms with Gasteiger partial charge in [-0.05, 0) is 30.3 Å². The summed E-state index contributed by atoms with van der Waals surface area (Å²) in [5.41, 5.74) is 2.50. The zero-order valence-corrected chi connectivity index (χ0v) is 14.9. The van der Waals surface area contributed by atoms with Gasteiger partial charge in [0, 0.05) is 23.7 Å². The number of pyridine rings is 1. The van der Waals surface area contributed by atoms with E-state index in [0.29, 0.717) is 35.1 Å². The maximum absolute atomic E-state index is 9.45. The zero-order chi connectivity index (χ0) is 18.5. The molecule has 0 saturated heterocycles. The third-order valence-corrected chi connectivity index (χ3v) is 4.23. The first-order chi connectivity index (χ1) is 12.6. The van der Waals surface area contributed by atoms with Crippen LogP contribution >= 0.6 is 11.6 Å². The summed E-state index contributed by atoms with van der Waals surface area (Å²) >= 11 is 6.12. The van der Waals surface area contributed by atoms with Gasteiger partial charge in [-0.15, -0.1) is 0 Å². The molecule has 0 radical (unpaired) electrons. The topological polar surface area (TPSA) is 72.9 Å². The van der Waals surface area contributed by atoms with Crippen molar-refractivity contribution in [3.63, 3.8) is 0 Å². The van der Waals surface area contributed by atoms with Gasteiger partial charge in [0.2, 0.25) is 0 Å². The summed E-state index contributed by atoms with van der Waals surface area (Å²) in [6, 6.07) is 16.8. The van der Waals surface area contributed by atoms with Crippen molar-refractivity contribution in [2.24, 2.45) is 0 Å². The minimum absolute atomic E-state index is 0.366.